The van der Waals surface area contributed by atoms with E-state index >= 15 is 0 Å². The van der Waals surface area contributed by atoms with Gasteiger partial charge in [-0.1, -0.05) is 36.4 Å². The van der Waals surface area contributed by atoms with Gasteiger partial charge in [-0.25, -0.2) is 9.97 Å². The van der Waals surface area contributed by atoms with Gasteiger partial charge < -0.3 is 9.84 Å². The van der Waals surface area contributed by atoms with Gasteiger partial charge in [0, 0.05) is 29.1 Å². The topological polar surface area (TPSA) is 73.1 Å². The second-order valence-corrected chi connectivity index (χ2v) is 7.18. The molecule has 6 aromatic rings. The van der Waals surface area contributed by atoms with E-state index in [0.29, 0.717) is 17.1 Å². The first-order valence-corrected chi connectivity index (χ1v) is 9.85. The number of ether oxygens (including phenoxy) is 1. The molecule has 2 aromatic carbocycles. The van der Waals surface area contributed by atoms with Crippen LogP contribution in [0.1, 0.15) is 0 Å². The second kappa shape index (κ2) is 6.81. The molecule has 148 valence electrons. The molecule has 4 aromatic heterocycles. The van der Waals surface area contributed by atoms with Gasteiger partial charge in [0.2, 0.25) is 5.88 Å². The van der Waals surface area contributed by atoms with E-state index in [1.165, 1.54) is 0 Å². The van der Waals surface area contributed by atoms with Gasteiger partial charge in [0.05, 0.1) is 22.7 Å². The molecular formula is C25H16N4O2. The standard InChI is InChI=1S/C25H16N4O2/c30-21-9-5-6-16-11-12-23(28-24(16)21)31-17-14-20-25(27-15-17)18-7-1-2-8-19(18)29(20)22-10-3-4-13-26-22/h1-15,30H. The van der Waals surface area contributed by atoms with Gasteiger partial charge in [-0.3, -0.25) is 9.55 Å². The zero-order chi connectivity index (χ0) is 20.8. The molecule has 6 nitrogen and oxygen atoms in total. The molecule has 0 fully saturated rings. The molecule has 0 bridgehead atoms. The number of para-hydroxylation sites is 2. The summed E-state index contributed by atoms with van der Waals surface area (Å²) < 4.78 is 8.09. The Morgan fingerprint density at radius 1 is 0.774 bits per heavy atom. The second-order valence-electron chi connectivity index (χ2n) is 7.18. The third-order valence-electron chi connectivity index (χ3n) is 5.26. The molecule has 0 atom stereocenters. The number of hydrogen-bond acceptors (Lipinski definition) is 5. The monoisotopic (exact) mass is 404 g/mol. The lowest BCUT2D eigenvalue weighted by atomic mass is 10.2. The highest BCUT2D eigenvalue weighted by molar-refractivity contribution is 6.07. The van der Waals surface area contributed by atoms with Crippen molar-refractivity contribution in [3.63, 3.8) is 0 Å². The van der Waals surface area contributed by atoms with Gasteiger partial charge in [0.1, 0.15) is 22.8 Å². The molecule has 1 N–H and O–H groups in total. The molecule has 0 spiro atoms. The molecule has 6 heteroatoms. The van der Waals surface area contributed by atoms with Crippen LogP contribution in [-0.2, 0) is 0 Å². The normalized spacial score (nSPS) is 11.4. The van der Waals surface area contributed by atoms with E-state index in [4.69, 9.17) is 4.74 Å². The Balaban J connectivity index is 1.51. The fourth-order valence-corrected chi connectivity index (χ4v) is 3.89. The summed E-state index contributed by atoms with van der Waals surface area (Å²) in [5.74, 6) is 1.86. The van der Waals surface area contributed by atoms with Crippen LogP contribution < -0.4 is 4.74 Å². The number of pyridine rings is 3. The van der Waals surface area contributed by atoms with Crippen molar-refractivity contribution in [1.29, 1.82) is 0 Å². The van der Waals surface area contributed by atoms with E-state index in [9.17, 15) is 5.11 Å². The molecule has 0 radical (unpaired) electrons. The first-order valence-electron chi connectivity index (χ1n) is 9.85. The molecule has 31 heavy (non-hydrogen) atoms. The van der Waals surface area contributed by atoms with Crippen LogP contribution in [-0.4, -0.2) is 24.6 Å². The average molecular weight is 404 g/mol. The van der Waals surface area contributed by atoms with Crippen LogP contribution in [0.4, 0.5) is 0 Å². The lowest BCUT2D eigenvalue weighted by molar-refractivity contribution is 0.459. The van der Waals surface area contributed by atoms with Crippen molar-refractivity contribution in [1.82, 2.24) is 19.5 Å². The Kier molecular flexibility index (Phi) is 3.83. The molecule has 0 saturated carbocycles. The van der Waals surface area contributed by atoms with Gasteiger partial charge in [0.25, 0.3) is 0 Å². The molecule has 0 aliphatic carbocycles. The minimum atomic E-state index is 0.117. The molecule has 0 amide bonds. The summed E-state index contributed by atoms with van der Waals surface area (Å²) >= 11 is 0. The number of fused-ring (bicyclic) bond motifs is 4. The highest BCUT2D eigenvalue weighted by Gasteiger charge is 2.15. The average Bonchev–Trinajstić information content (AvgIpc) is 3.14. The van der Waals surface area contributed by atoms with Crippen molar-refractivity contribution in [2.24, 2.45) is 0 Å². The van der Waals surface area contributed by atoms with Crippen molar-refractivity contribution >= 4 is 32.8 Å². The van der Waals surface area contributed by atoms with Crippen molar-refractivity contribution in [2.75, 3.05) is 0 Å². The van der Waals surface area contributed by atoms with E-state index in [-0.39, 0.29) is 5.75 Å². The van der Waals surface area contributed by atoms with E-state index < -0.39 is 0 Å². The van der Waals surface area contributed by atoms with Crippen LogP contribution in [0, 0.1) is 0 Å². The van der Waals surface area contributed by atoms with Gasteiger partial charge in [0.15, 0.2) is 0 Å². The Morgan fingerprint density at radius 3 is 2.58 bits per heavy atom. The summed E-state index contributed by atoms with van der Waals surface area (Å²) in [6, 6.07) is 24.8. The van der Waals surface area contributed by atoms with Crippen LogP contribution in [0.2, 0.25) is 0 Å². The number of benzene rings is 2. The van der Waals surface area contributed by atoms with E-state index in [0.717, 1.165) is 33.1 Å². The Morgan fingerprint density at radius 2 is 1.68 bits per heavy atom. The van der Waals surface area contributed by atoms with Crippen molar-refractivity contribution < 1.29 is 9.84 Å². The maximum Gasteiger partial charge on any atom is 0.220 e. The number of nitrogens with zero attached hydrogens (tertiary/aromatic N) is 4. The van der Waals surface area contributed by atoms with E-state index in [2.05, 4.69) is 31.7 Å². The summed E-state index contributed by atoms with van der Waals surface area (Å²) in [6.45, 7) is 0. The summed E-state index contributed by atoms with van der Waals surface area (Å²) in [5.41, 5.74) is 3.28. The van der Waals surface area contributed by atoms with E-state index in [1.807, 2.05) is 48.5 Å². The molecule has 0 unspecified atom stereocenters. The van der Waals surface area contributed by atoms with Crippen molar-refractivity contribution in [2.45, 2.75) is 0 Å². The number of phenolic OH excluding ortho intramolecular Hbond substituents is 1. The van der Waals surface area contributed by atoms with E-state index in [1.54, 1.807) is 30.6 Å². The summed E-state index contributed by atoms with van der Waals surface area (Å²) in [4.78, 5) is 13.7. The Hall–Kier alpha value is -4.45. The van der Waals surface area contributed by atoms with Crippen LogP contribution in [0.25, 0.3) is 38.7 Å². The summed E-state index contributed by atoms with van der Waals surface area (Å²) in [6.07, 6.45) is 3.46. The molecular weight excluding hydrogens is 388 g/mol. The summed E-state index contributed by atoms with van der Waals surface area (Å²) in [5, 5.41) is 12.0. The quantitative estimate of drug-likeness (QED) is 0.414. The first-order chi connectivity index (χ1) is 15.3. The number of aromatic hydroxyl groups is 1. The zero-order valence-corrected chi connectivity index (χ0v) is 16.3. The Bertz CT molecular complexity index is 1580. The molecule has 0 aliphatic rings. The largest absolute Gasteiger partial charge is 0.506 e. The van der Waals surface area contributed by atoms with Crippen molar-refractivity contribution in [3.05, 3.63) is 91.3 Å². The predicted molar refractivity (Wildman–Crippen MR) is 120 cm³/mol. The molecule has 0 aliphatic heterocycles. The smallest absolute Gasteiger partial charge is 0.220 e. The number of hydrogen-bond donors (Lipinski definition) is 1. The third kappa shape index (κ3) is 2.85. The van der Waals surface area contributed by atoms with Crippen LogP contribution in [0.3, 0.4) is 0 Å². The van der Waals surface area contributed by atoms with Gasteiger partial charge in [-0.15, -0.1) is 0 Å². The van der Waals surface area contributed by atoms with Crippen molar-refractivity contribution in [3.8, 4) is 23.2 Å². The predicted octanol–water partition coefficient (Wildman–Crippen LogP) is 5.62. The number of aromatic nitrogens is 4. The lowest BCUT2D eigenvalue weighted by Crippen LogP contribution is -1.97. The maximum absolute atomic E-state index is 10.1. The molecule has 0 saturated heterocycles. The number of rotatable bonds is 3. The summed E-state index contributed by atoms with van der Waals surface area (Å²) in [7, 11) is 0. The van der Waals surface area contributed by atoms with Crippen LogP contribution >= 0.6 is 0 Å². The maximum atomic E-state index is 10.1. The minimum Gasteiger partial charge on any atom is -0.506 e. The van der Waals surface area contributed by atoms with Gasteiger partial charge in [-0.2, -0.15) is 0 Å². The SMILES string of the molecule is Oc1cccc2ccc(Oc3cnc4c5ccccc5n(-c5ccccn5)c4c3)nc12. The van der Waals surface area contributed by atoms with Gasteiger partial charge >= 0.3 is 0 Å². The minimum absolute atomic E-state index is 0.117. The molecule has 4 heterocycles. The fraction of sp³-hybridized carbons (Fsp3) is 0. The number of phenols is 1. The third-order valence-corrected chi connectivity index (χ3v) is 5.26. The van der Waals surface area contributed by atoms with Crippen LogP contribution in [0.5, 0.6) is 17.4 Å². The Labute approximate surface area is 177 Å². The first kappa shape index (κ1) is 17.4. The molecule has 6 rings (SSSR count). The zero-order valence-electron chi connectivity index (χ0n) is 16.3. The lowest BCUT2D eigenvalue weighted by Gasteiger charge is -2.08. The van der Waals surface area contributed by atoms with Gasteiger partial charge in [-0.05, 0) is 30.3 Å². The highest BCUT2D eigenvalue weighted by Crippen LogP contribution is 2.33. The fourth-order valence-electron chi connectivity index (χ4n) is 3.89. The van der Waals surface area contributed by atoms with Crippen LogP contribution in [0.15, 0.2) is 91.3 Å². The highest BCUT2D eigenvalue weighted by atomic mass is 16.5.